The lowest BCUT2D eigenvalue weighted by Gasteiger charge is -2.37. The summed E-state index contributed by atoms with van der Waals surface area (Å²) in [6.45, 7) is 4.02. The Morgan fingerprint density at radius 1 is 0.600 bits per heavy atom. The van der Waals surface area contributed by atoms with Crippen molar-refractivity contribution >= 4 is 0 Å². The molecular formula is C28H26O2. The third-order valence-corrected chi connectivity index (χ3v) is 5.87. The van der Waals surface area contributed by atoms with E-state index in [0.717, 1.165) is 28.0 Å². The first-order valence-corrected chi connectivity index (χ1v) is 10.1. The molecule has 0 aliphatic heterocycles. The molecule has 0 aromatic heterocycles. The lowest BCUT2D eigenvalue weighted by Crippen LogP contribution is -2.31. The van der Waals surface area contributed by atoms with E-state index in [2.05, 4.69) is 73.7 Å². The van der Waals surface area contributed by atoms with Crippen LogP contribution in [0.2, 0.25) is 0 Å². The van der Waals surface area contributed by atoms with Gasteiger partial charge < -0.3 is 9.84 Å². The SMILES string of the molecule is COc1ccc(C(c2ccccc2)(c2ccccc2)c2ccc(O)c(C)c2)cc1C. The molecule has 30 heavy (non-hydrogen) atoms. The van der Waals surface area contributed by atoms with Gasteiger partial charge in [-0.25, -0.2) is 0 Å². The summed E-state index contributed by atoms with van der Waals surface area (Å²) >= 11 is 0. The molecule has 0 saturated carbocycles. The van der Waals surface area contributed by atoms with Crippen molar-refractivity contribution in [2.45, 2.75) is 19.3 Å². The lowest BCUT2D eigenvalue weighted by molar-refractivity contribution is 0.411. The summed E-state index contributed by atoms with van der Waals surface area (Å²) in [6, 6.07) is 33.4. The smallest absolute Gasteiger partial charge is 0.121 e. The Morgan fingerprint density at radius 3 is 1.57 bits per heavy atom. The van der Waals surface area contributed by atoms with Gasteiger partial charge in [0.2, 0.25) is 0 Å². The molecule has 2 heteroatoms. The average Bonchev–Trinajstić information content (AvgIpc) is 2.78. The van der Waals surface area contributed by atoms with Gasteiger partial charge in [0.1, 0.15) is 11.5 Å². The highest BCUT2D eigenvalue weighted by Crippen LogP contribution is 2.46. The average molecular weight is 395 g/mol. The fraction of sp³-hybridized carbons (Fsp3) is 0.143. The van der Waals surface area contributed by atoms with Crippen molar-refractivity contribution in [1.29, 1.82) is 0 Å². The first kappa shape index (κ1) is 19.8. The molecule has 0 bridgehead atoms. The zero-order chi connectivity index (χ0) is 21.1. The molecule has 0 aliphatic carbocycles. The van der Waals surface area contributed by atoms with Crippen molar-refractivity contribution in [3.63, 3.8) is 0 Å². The fourth-order valence-corrected chi connectivity index (χ4v) is 4.38. The van der Waals surface area contributed by atoms with Gasteiger partial charge in [-0.1, -0.05) is 84.9 Å². The predicted molar refractivity (Wildman–Crippen MR) is 122 cm³/mol. The Kier molecular flexibility index (Phi) is 5.33. The molecule has 0 aliphatic rings. The quantitative estimate of drug-likeness (QED) is 0.397. The zero-order valence-corrected chi connectivity index (χ0v) is 17.6. The third-order valence-electron chi connectivity index (χ3n) is 5.87. The van der Waals surface area contributed by atoms with Crippen LogP contribution >= 0.6 is 0 Å². The van der Waals surface area contributed by atoms with E-state index in [1.807, 2.05) is 31.2 Å². The molecule has 0 fully saturated rings. The summed E-state index contributed by atoms with van der Waals surface area (Å²) in [5.41, 5.74) is 6.02. The molecule has 0 saturated heterocycles. The van der Waals surface area contributed by atoms with Gasteiger partial charge in [-0.05, 0) is 59.4 Å². The summed E-state index contributed by atoms with van der Waals surface area (Å²) in [5, 5.41) is 10.2. The van der Waals surface area contributed by atoms with Crippen molar-refractivity contribution < 1.29 is 9.84 Å². The number of ether oxygens (including phenoxy) is 1. The van der Waals surface area contributed by atoms with Crippen LogP contribution in [-0.2, 0) is 5.41 Å². The van der Waals surface area contributed by atoms with E-state index < -0.39 is 5.41 Å². The van der Waals surface area contributed by atoms with Crippen LogP contribution in [0.3, 0.4) is 0 Å². The summed E-state index contributed by atoms with van der Waals surface area (Å²) in [7, 11) is 1.70. The van der Waals surface area contributed by atoms with Gasteiger partial charge in [0.25, 0.3) is 0 Å². The summed E-state index contributed by atoms with van der Waals surface area (Å²) < 4.78 is 5.53. The third kappa shape index (κ3) is 3.25. The van der Waals surface area contributed by atoms with Crippen LogP contribution in [0.25, 0.3) is 0 Å². The molecule has 0 radical (unpaired) electrons. The monoisotopic (exact) mass is 394 g/mol. The molecule has 2 nitrogen and oxygen atoms in total. The van der Waals surface area contributed by atoms with E-state index >= 15 is 0 Å². The van der Waals surface area contributed by atoms with E-state index in [-0.39, 0.29) is 0 Å². The highest BCUT2D eigenvalue weighted by molar-refractivity contribution is 5.62. The van der Waals surface area contributed by atoms with E-state index in [9.17, 15) is 5.11 Å². The molecule has 0 spiro atoms. The number of hydrogen-bond acceptors (Lipinski definition) is 2. The van der Waals surface area contributed by atoms with E-state index in [1.54, 1.807) is 13.2 Å². The van der Waals surface area contributed by atoms with Gasteiger partial charge in [0.15, 0.2) is 0 Å². The van der Waals surface area contributed by atoms with Crippen LogP contribution in [0.5, 0.6) is 11.5 Å². The summed E-state index contributed by atoms with van der Waals surface area (Å²) in [5.74, 6) is 1.18. The second-order valence-corrected chi connectivity index (χ2v) is 7.67. The molecule has 4 aromatic carbocycles. The number of hydrogen-bond donors (Lipinski definition) is 1. The van der Waals surface area contributed by atoms with Crippen LogP contribution in [-0.4, -0.2) is 12.2 Å². The van der Waals surface area contributed by atoms with Gasteiger partial charge in [-0.2, -0.15) is 0 Å². The Hall–Kier alpha value is -3.52. The number of aryl methyl sites for hydroxylation is 2. The van der Waals surface area contributed by atoms with E-state index in [0.29, 0.717) is 5.75 Å². The minimum atomic E-state index is -0.530. The number of phenols is 1. The van der Waals surface area contributed by atoms with Gasteiger partial charge >= 0.3 is 0 Å². The van der Waals surface area contributed by atoms with Crippen LogP contribution in [0, 0.1) is 13.8 Å². The second-order valence-electron chi connectivity index (χ2n) is 7.67. The first-order chi connectivity index (χ1) is 14.6. The second kappa shape index (κ2) is 8.08. The highest BCUT2D eigenvalue weighted by Gasteiger charge is 2.38. The Morgan fingerprint density at radius 2 is 1.10 bits per heavy atom. The number of aromatic hydroxyl groups is 1. The molecule has 4 aromatic rings. The number of phenolic OH excluding ortho intramolecular Hbond substituents is 1. The molecule has 150 valence electrons. The maximum atomic E-state index is 10.2. The number of methoxy groups -OCH3 is 1. The van der Waals surface area contributed by atoms with Gasteiger partial charge in [0.05, 0.1) is 12.5 Å². The maximum absolute atomic E-state index is 10.2. The normalized spacial score (nSPS) is 11.3. The van der Waals surface area contributed by atoms with Crippen molar-refractivity contribution in [2.24, 2.45) is 0 Å². The maximum Gasteiger partial charge on any atom is 0.121 e. The Balaban J connectivity index is 2.14. The van der Waals surface area contributed by atoms with Crippen molar-refractivity contribution in [3.8, 4) is 11.5 Å². The Labute approximate surface area is 178 Å². The number of rotatable bonds is 5. The Bertz CT molecular complexity index is 1110. The molecule has 4 rings (SSSR count). The first-order valence-electron chi connectivity index (χ1n) is 10.1. The summed E-state index contributed by atoms with van der Waals surface area (Å²) in [6.07, 6.45) is 0. The fourth-order valence-electron chi connectivity index (χ4n) is 4.38. The van der Waals surface area contributed by atoms with Gasteiger partial charge in [-0.3, -0.25) is 0 Å². The number of benzene rings is 4. The molecule has 0 heterocycles. The topological polar surface area (TPSA) is 29.5 Å². The van der Waals surface area contributed by atoms with Crippen LogP contribution in [0.1, 0.15) is 33.4 Å². The zero-order valence-electron chi connectivity index (χ0n) is 17.6. The van der Waals surface area contributed by atoms with Crippen LogP contribution in [0.15, 0.2) is 97.1 Å². The van der Waals surface area contributed by atoms with E-state index in [1.165, 1.54) is 11.1 Å². The predicted octanol–water partition coefficient (Wildman–Crippen LogP) is 6.40. The minimum Gasteiger partial charge on any atom is -0.508 e. The molecule has 1 N–H and O–H groups in total. The minimum absolute atomic E-state index is 0.305. The summed E-state index contributed by atoms with van der Waals surface area (Å²) in [4.78, 5) is 0. The van der Waals surface area contributed by atoms with Crippen molar-refractivity contribution in [1.82, 2.24) is 0 Å². The molecule has 0 atom stereocenters. The standard InChI is InChI=1S/C28H26O2/c1-20-18-24(14-16-26(20)29)28(22-10-6-4-7-11-22,23-12-8-5-9-13-23)25-15-17-27(30-3)21(2)19-25/h4-19,29H,1-3H3. The van der Waals surface area contributed by atoms with Gasteiger partial charge in [0, 0.05) is 0 Å². The largest absolute Gasteiger partial charge is 0.508 e. The lowest BCUT2D eigenvalue weighted by atomic mass is 9.64. The van der Waals surface area contributed by atoms with Gasteiger partial charge in [-0.15, -0.1) is 0 Å². The van der Waals surface area contributed by atoms with E-state index in [4.69, 9.17) is 4.74 Å². The van der Waals surface area contributed by atoms with Crippen LogP contribution in [0.4, 0.5) is 0 Å². The highest BCUT2D eigenvalue weighted by atomic mass is 16.5. The van der Waals surface area contributed by atoms with Crippen molar-refractivity contribution in [2.75, 3.05) is 7.11 Å². The molecule has 0 amide bonds. The van der Waals surface area contributed by atoms with Crippen molar-refractivity contribution in [3.05, 3.63) is 130 Å². The van der Waals surface area contributed by atoms with Crippen LogP contribution < -0.4 is 4.74 Å². The molecule has 0 unspecified atom stereocenters. The molecular weight excluding hydrogens is 368 g/mol.